The first-order chi connectivity index (χ1) is 14.4. The van der Waals surface area contributed by atoms with E-state index < -0.39 is 10.8 Å². The molecule has 3 rings (SSSR count). The Morgan fingerprint density at radius 1 is 1.00 bits per heavy atom. The lowest BCUT2D eigenvalue weighted by Gasteiger charge is -2.36. The summed E-state index contributed by atoms with van der Waals surface area (Å²) in [6.45, 7) is 3.33. The quantitative estimate of drug-likeness (QED) is 0.522. The van der Waals surface area contributed by atoms with Crippen molar-refractivity contribution in [2.24, 2.45) is 5.73 Å². The van der Waals surface area contributed by atoms with E-state index in [2.05, 4.69) is 9.80 Å². The van der Waals surface area contributed by atoms with Gasteiger partial charge in [-0.15, -0.1) is 0 Å². The fraction of sp³-hybridized carbons (Fsp3) is 0.333. The second-order valence-electron chi connectivity index (χ2n) is 7.13. The average Bonchev–Trinajstić information content (AvgIpc) is 2.75. The molecule has 30 heavy (non-hydrogen) atoms. The number of primary amides is 1. The van der Waals surface area contributed by atoms with Crippen molar-refractivity contribution in [3.8, 4) is 0 Å². The van der Waals surface area contributed by atoms with E-state index in [9.17, 15) is 19.7 Å². The van der Waals surface area contributed by atoms with Crippen LogP contribution in [-0.4, -0.2) is 60.9 Å². The lowest BCUT2D eigenvalue weighted by Crippen LogP contribution is -2.50. The number of nitro benzene ring substituents is 1. The molecule has 0 aromatic heterocycles. The molecule has 1 saturated heterocycles. The van der Waals surface area contributed by atoms with E-state index >= 15 is 0 Å². The van der Waals surface area contributed by atoms with E-state index in [0.717, 1.165) is 24.5 Å². The van der Waals surface area contributed by atoms with Crippen LogP contribution in [-0.2, 0) is 9.59 Å². The number of non-ortho nitro benzene ring substituents is 1. The molecule has 2 aromatic carbocycles. The van der Waals surface area contributed by atoms with Crippen LogP contribution in [0.2, 0.25) is 0 Å². The van der Waals surface area contributed by atoms with Crippen molar-refractivity contribution in [1.29, 1.82) is 0 Å². The van der Waals surface area contributed by atoms with Crippen molar-refractivity contribution < 1.29 is 14.5 Å². The maximum Gasteiger partial charge on any atom is 0.269 e. The van der Waals surface area contributed by atoms with E-state index in [-0.39, 0.29) is 31.1 Å². The van der Waals surface area contributed by atoms with Crippen molar-refractivity contribution in [3.63, 3.8) is 0 Å². The Morgan fingerprint density at radius 2 is 1.63 bits per heavy atom. The van der Waals surface area contributed by atoms with Gasteiger partial charge in [0.25, 0.3) is 5.69 Å². The molecule has 0 saturated carbocycles. The molecular weight excluding hydrogens is 386 g/mol. The first-order valence-electron chi connectivity index (χ1n) is 9.79. The number of benzene rings is 2. The van der Waals surface area contributed by atoms with Gasteiger partial charge in [0.2, 0.25) is 11.8 Å². The number of hydrogen-bond donors (Lipinski definition) is 1. The Kier molecular flexibility index (Phi) is 6.97. The number of amides is 2. The van der Waals surface area contributed by atoms with E-state index in [4.69, 9.17) is 5.73 Å². The summed E-state index contributed by atoms with van der Waals surface area (Å²) in [6, 6.07) is 15.8. The molecule has 0 bridgehead atoms. The van der Waals surface area contributed by atoms with Crippen LogP contribution in [0.25, 0.3) is 0 Å². The predicted molar refractivity (Wildman–Crippen MR) is 114 cm³/mol. The number of nitrogens with two attached hydrogens (primary N) is 1. The van der Waals surface area contributed by atoms with Crippen LogP contribution in [0.1, 0.15) is 6.42 Å². The van der Waals surface area contributed by atoms with Gasteiger partial charge in [-0.3, -0.25) is 24.6 Å². The fourth-order valence-corrected chi connectivity index (χ4v) is 3.45. The summed E-state index contributed by atoms with van der Waals surface area (Å²) in [7, 11) is 0. The highest BCUT2D eigenvalue weighted by Crippen LogP contribution is 2.21. The number of hydrogen-bond acceptors (Lipinski definition) is 6. The third-order valence-corrected chi connectivity index (χ3v) is 5.11. The van der Waals surface area contributed by atoms with Crippen molar-refractivity contribution in [1.82, 2.24) is 4.90 Å². The van der Waals surface area contributed by atoms with E-state index in [0.29, 0.717) is 13.1 Å². The summed E-state index contributed by atoms with van der Waals surface area (Å²) in [5, 5.41) is 10.8. The first kappa shape index (κ1) is 21.3. The Bertz CT molecular complexity index is 880. The van der Waals surface area contributed by atoms with E-state index in [1.165, 1.54) is 12.1 Å². The standard InChI is InChI=1S/C21H25N5O4/c22-20(27)10-11-25(18-4-2-1-3-5-18)21(28)16-23-12-14-24(15-13-23)17-6-8-19(9-7-17)26(29)30/h1-9H,10-16H2,(H2,22,27). The van der Waals surface area contributed by atoms with Crippen molar-refractivity contribution in [3.05, 3.63) is 64.7 Å². The van der Waals surface area contributed by atoms with Crippen LogP contribution in [0.5, 0.6) is 0 Å². The zero-order valence-corrected chi connectivity index (χ0v) is 16.6. The van der Waals surface area contributed by atoms with Gasteiger partial charge in [-0.25, -0.2) is 0 Å². The zero-order chi connectivity index (χ0) is 21.5. The summed E-state index contributed by atoms with van der Waals surface area (Å²) in [4.78, 5) is 40.4. The topological polar surface area (TPSA) is 113 Å². The third kappa shape index (κ3) is 5.54. The van der Waals surface area contributed by atoms with Crippen molar-refractivity contribution in [2.45, 2.75) is 6.42 Å². The Hall–Kier alpha value is -3.46. The minimum absolute atomic E-state index is 0.0694. The molecule has 1 heterocycles. The third-order valence-electron chi connectivity index (χ3n) is 5.11. The summed E-state index contributed by atoms with van der Waals surface area (Å²) in [5.41, 5.74) is 7.01. The Balaban J connectivity index is 1.57. The largest absolute Gasteiger partial charge is 0.370 e. The highest BCUT2D eigenvalue weighted by molar-refractivity contribution is 5.95. The number of piperazine rings is 1. The molecule has 1 fully saturated rings. The molecular formula is C21H25N5O4. The molecule has 9 heteroatoms. The fourth-order valence-electron chi connectivity index (χ4n) is 3.45. The molecule has 0 atom stereocenters. The highest BCUT2D eigenvalue weighted by Gasteiger charge is 2.23. The van der Waals surface area contributed by atoms with Crippen molar-refractivity contribution >= 4 is 28.9 Å². The van der Waals surface area contributed by atoms with Gasteiger partial charge in [-0.05, 0) is 24.3 Å². The lowest BCUT2D eigenvalue weighted by molar-refractivity contribution is -0.384. The van der Waals surface area contributed by atoms with Crippen LogP contribution in [0.4, 0.5) is 17.1 Å². The molecule has 0 spiro atoms. The number of carbonyl (C=O) groups is 2. The minimum Gasteiger partial charge on any atom is -0.370 e. The normalized spacial score (nSPS) is 14.3. The monoisotopic (exact) mass is 411 g/mol. The summed E-state index contributed by atoms with van der Waals surface area (Å²) in [6.07, 6.45) is 0.106. The number of rotatable bonds is 8. The van der Waals surface area contributed by atoms with Gasteiger partial charge in [0.15, 0.2) is 0 Å². The van der Waals surface area contributed by atoms with Gasteiger partial charge in [0.1, 0.15) is 0 Å². The maximum absolute atomic E-state index is 12.9. The molecule has 0 radical (unpaired) electrons. The highest BCUT2D eigenvalue weighted by atomic mass is 16.6. The smallest absolute Gasteiger partial charge is 0.269 e. The number of anilines is 2. The number of nitro groups is 1. The lowest BCUT2D eigenvalue weighted by atomic mass is 10.2. The van der Waals surface area contributed by atoms with Gasteiger partial charge in [0.05, 0.1) is 11.5 Å². The Labute approximate surface area is 174 Å². The Morgan fingerprint density at radius 3 is 2.20 bits per heavy atom. The molecule has 2 aromatic rings. The average molecular weight is 411 g/mol. The molecule has 1 aliphatic heterocycles. The molecule has 2 amide bonds. The molecule has 9 nitrogen and oxygen atoms in total. The first-order valence-corrected chi connectivity index (χ1v) is 9.79. The second-order valence-corrected chi connectivity index (χ2v) is 7.13. The summed E-state index contributed by atoms with van der Waals surface area (Å²) >= 11 is 0. The summed E-state index contributed by atoms with van der Waals surface area (Å²) < 4.78 is 0. The van der Waals surface area contributed by atoms with Crippen LogP contribution in [0.3, 0.4) is 0 Å². The number of nitrogens with zero attached hydrogens (tertiary/aromatic N) is 4. The molecule has 0 unspecified atom stereocenters. The number of carbonyl (C=O) groups excluding carboxylic acids is 2. The number of para-hydroxylation sites is 1. The van der Waals surface area contributed by atoms with Gasteiger partial charge in [-0.2, -0.15) is 0 Å². The molecule has 2 N–H and O–H groups in total. The minimum atomic E-state index is -0.444. The van der Waals surface area contributed by atoms with Crippen LogP contribution >= 0.6 is 0 Å². The van der Waals surface area contributed by atoms with Crippen LogP contribution in [0.15, 0.2) is 54.6 Å². The van der Waals surface area contributed by atoms with Gasteiger partial charge >= 0.3 is 0 Å². The molecule has 0 aliphatic carbocycles. The summed E-state index contributed by atoms with van der Waals surface area (Å²) in [5.74, 6) is -0.522. The van der Waals surface area contributed by atoms with Gasteiger partial charge in [0, 0.05) is 62.7 Å². The maximum atomic E-state index is 12.9. The molecule has 1 aliphatic rings. The zero-order valence-electron chi connectivity index (χ0n) is 16.6. The second kappa shape index (κ2) is 9.84. The van der Waals surface area contributed by atoms with Gasteiger partial charge < -0.3 is 15.5 Å². The van der Waals surface area contributed by atoms with Crippen LogP contribution < -0.4 is 15.5 Å². The SMILES string of the molecule is NC(=O)CCN(C(=O)CN1CCN(c2ccc([N+](=O)[O-])cc2)CC1)c1ccccc1. The molecule has 158 valence electrons. The van der Waals surface area contributed by atoms with E-state index in [1.807, 2.05) is 30.3 Å². The van der Waals surface area contributed by atoms with Crippen LogP contribution in [0, 0.1) is 10.1 Å². The van der Waals surface area contributed by atoms with E-state index in [1.54, 1.807) is 17.0 Å². The van der Waals surface area contributed by atoms with Crippen molar-refractivity contribution in [2.75, 3.05) is 49.1 Å². The van der Waals surface area contributed by atoms with Gasteiger partial charge in [-0.1, -0.05) is 18.2 Å². The predicted octanol–water partition coefficient (Wildman–Crippen LogP) is 1.63.